The monoisotopic (exact) mass is 534 g/mol. The second-order valence-corrected chi connectivity index (χ2v) is 11.6. The van der Waals surface area contributed by atoms with Gasteiger partial charge in [-0.3, -0.25) is 24.1 Å². The number of benzene rings is 3. The molecular weight excluding hydrogens is 504 g/mol. The van der Waals surface area contributed by atoms with Gasteiger partial charge in [0.15, 0.2) is 0 Å². The number of phenols is 1. The normalized spacial score (nSPS) is 31.4. The van der Waals surface area contributed by atoms with Gasteiger partial charge >= 0.3 is 0 Å². The summed E-state index contributed by atoms with van der Waals surface area (Å²) in [5.74, 6) is -3.22. The molecule has 0 spiro atoms. The lowest BCUT2D eigenvalue weighted by molar-refractivity contribution is -0.140. The molecule has 202 valence electrons. The first-order valence-corrected chi connectivity index (χ1v) is 14.0. The predicted molar refractivity (Wildman–Crippen MR) is 149 cm³/mol. The summed E-state index contributed by atoms with van der Waals surface area (Å²) in [5.41, 5.74) is 1.21. The van der Waals surface area contributed by atoms with Crippen LogP contribution in [0.25, 0.3) is 10.8 Å². The number of imide groups is 2. The standard InChI is InChI=1S/C33H30N2O5/c1-3-34-29(37)23-14-13-22-24(27(23)31(34)39)17-25-30(38)35(18-9-5-4-6-10-18)32(40)33(25,2)28(22)21-15-16-26(36)20-12-8-7-11-19(20)21/h4-13,15-16,23-25,27-28,36H,3,14,17H2,1-2H3. The molecule has 40 heavy (non-hydrogen) atoms. The van der Waals surface area contributed by atoms with Gasteiger partial charge < -0.3 is 5.11 Å². The summed E-state index contributed by atoms with van der Waals surface area (Å²) in [6.07, 6.45) is 2.82. The van der Waals surface area contributed by atoms with Crippen molar-refractivity contribution in [2.24, 2.45) is 29.1 Å². The molecule has 0 radical (unpaired) electrons. The minimum Gasteiger partial charge on any atom is -0.507 e. The third-order valence-electron chi connectivity index (χ3n) is 9.94. The summed E-state index contributed by atoms with van der Waals surface area (Å²) in [7, 11) is 0. The zero-order chi connectivity index (χ0) is 27.9. The molecule has 2 aliphatic heterocycles. The molecule has 4 aliphatic rings. The smallest absolute Gasteiger partial charge is 0.241 e. The summed E-state index contributed by atoms with van der Waals surface area (Å²) in [4.78, 5) is 58.1. The van der Waals surface area contributed by atoms with Crippen molar-refractivity contribution < 1.29 is 24.3 Å². The zero-order valence-electron chi connectivity index (χ0n) is 22.4. The number of hydrogen-bond acceptors (Lipinski definition) is 5. The Hall–Kier alpha value is -4.26. The van der Waals surface area contributed by atoms with Gasteiger partial charge in [-0.05, 0) is 61.8 Å². The molecule has 3 aromatic rings. The number of hydrogen-bond donors (Lipinski definition) is 1. The lowest BCUT2D eigenvalue weighted by Crippen LogP contribution is -2.49. The minimum absolute atomic E-state index is 0.140. The fourth-order valence-electron chi connectivity index (χ4n) is 8.12. The number of carbonyl (C=O) groups excluding carboxylic acids is 4. The number of allylic oxidation sites excluding steroid dienone is 2. The van der Waals surface area contributed by atoms with Crippen molar-refractivity contribution in [3.8, 4) is 5.75 Å². The minimum atomic E-state index is -1.11. The van der Waals surface area contributed by atoms with Gasteiger partial charge in [-0.25, -0.2) is 4.90 Å². The number of carbonyl (C=O) groups is 4. The first-order valence-electron chi connectivity index (χ1n) is 14.0. The first-order chi connectivity index (χ1) is 19.3. The molecule has 0 aromatic heterocycles. The van der Waals surface area contributed by atoms with Crippen LogP contribution in [0, 0.1) is 29.1 Å². The number of likely N-dealkylation sites (tertiary alicyclic amines) is 1. The highest BCUT2D eigenvalue weighted by atomic mass is 16.3. The highest BCUT2D eigenvalue weighted by Gasteiger charge is 2.67. The van der Waals surface area contributed by atoms with Crippen molar-refractivity contribution in [3.63, 3.8) is 0 Å². The van der Waals surface area contributed by atoms with E-state index in [-0.39, 0.29) is 35.3 Å². The molecule has 0 bridgehead atoms. The van der Waals surface area contributed by atoms with Gasteiger partial charge in [0.1, 0.15) is 5.75 Å². The van der Waals surface area contributed by atoms with Gasteiger partial charge in [0.25, 0.3) is 0 Å². The van der Waals surface area contributed by atoms with Crippen LogP contribution in [0.2, 0.25) is 0 Å². The first kappa shape index (κ1) is 24.8. The molecule has 7 nitrogen and oxygen atoms in total. The van der Waals surface area contributed by atoms with Crippen LogP contribution in [-0.4, -0.2) is 40.2 Å². The van der Waals surface area contributed by atoms with E-state index in [1.54, 1.807) is 30.3 Å². The van der Waals surface area contributed by atoms with Crippen molar-refractivity contribution in [2.75, 3.05) is 11.4 Å². The highest BCUT2D eigenvalue weighted by Crippen LogP contribution is 2.64. The summed E-state index contributed by atoms with van der Waals surface area (Å²) in [6, 6.07) is 20.0. The van der Waals surface area contributed by atoms with Gasteiger partial charge in [-0.2, -0.15) is 0 Å². The lowest BCUT2D eigenvalue weighted by atomic mass is 9.51. The quantitative estimate of drug-likeness (QED) is 0.385. The Balaban J connectivity index is 1.47. The van der Waals surface area contributed by atoms with Crippen LogP contribution in [0.4, 0.5) is 5.69 Å². The number of fused-ring (bicyclic) bond motifs is 5. The van der Waals surface area contributed by atoms with Crippen LogP contribution in [0.3, 0.4) is 0 Å². The van der Waals surface area contributed by atoms with Crippen molar-refractivity contribution in [1.82, 2.24) is 4.90 Å². The molecule has 7 rings (SSSR count). The van der Waals surface area contributed by atoms with E-state index in [1.807, 2.05) is 50.2 Å². The summed E-state index contributed by atoms with van der Waals surface area (Å²) >= 11 is 0. The number of amides is 4. The molecule has 1 saturated carbocycles. The fourth-order valence-corrected chi connectivity index (χ4v) is 8.12. The van der Waals surface area contributed by atoms with E-state index in [1.165, 1.54) is 9.80 Å². The van der Waals surface area contributed by atoms with Gasteiger partial charge in [0, 0.05) is 17.8 Å². The Morgan fingerprint density at radius 2 is 1.55 bits per heavy atom. The van der Waals surface area contributed by atoms with Crippen molar-refractivity contribution in [3.05, 3.63) is 83.9 Å². The molecule has 7 heteroatoms. The summed E-state index contributed by atoms with van der Waals surface area (Å²) in [5, 5.41) is 12.1. The lowest BCUT2D eigenvalue weighted by Gasteiger charge is -2.49. The van der Waals surface area contributed by atoms with Crippen molar-refractivity contribution in [1.29, 1.82) is 0 Å². The fraction of sp³-hybridized carbons (Fsp3) is 0.333. The van der Waals surface area contributed by atoms with E-state index in [2.05, 4.69) is 6.08 Å². The predicted octanol–water partition coefficient (Wildman–Crippen LogP) is 4.80. The summed E-state index contributed by atoms with van der Waals surface area (Å²) in [6.45, 7) is 4.01. The second-order valence-electron chi connectivity index (χ2n) is 11.6. The van der Waals surface area contributed by atoms with Crippen LogP contribution in [0.1, 0.15) is 38.2 Å². The van der Waals surface area contributed by atoms with Crippen LogP contribution in [0.5, 0.6) is 5.75 Å². The Morgan fingerprint density at radius 1 is 0.850 bits per heavy atom. The van der Waals surface area contributed by atoms with Crippen LogP contribution in [0.15, 0.2) is 78.4 Å². The van der Waals surface area contributed by atoms with Gasteiger partial charge in [-0.1, -0.05) is 60.2 Å². The highest BCUT2D eigenvalue weighted by molar-refractivity contribution is 6.24. The number of para-hydroxylation sites is 1. The largest absolute Gasteiger partial charge is 0.507 e. The number of anilines is 1. The molecular formula is C33H30N2O5. The zero-order valence-corrected chi connectivity index (χ0v) is 22.4. The van der Waals surface area contributed by atoms with Gasteiger partial charge in [0.2, 0.25) is 23.6 Å². The number of rotatable bonds is 3. The van der Waals surface area contributed by atoms with Crippen molar-refractivity contribution in [2.45, 2.75) is 32.6 Å². The maximum Gasteiger partial charge on any atom is 0.241 e. The Labute approximate surface area is 232 Å². The van der Waals surface area contributed by atoms with E-state index in [4.69, 9.17) is 0 Å². The Morgan fingerprint density at radius 3 is 2.27 bits per heavy atom. The third-order valence-corrected chi connectivity index (χ3v) is 9.94. The molecule has 6 atom stereocenters. The van der Waals surface area contributed by atoms with E-state index < -0.39 is 29.1 Å². The molecule has 4 amide bonds. The van der Waals surface area contributed by atoms with E-state index in [9.17, 15) is 24.3 Å². The molecule has 2 heterocycles. The maximum atomic E-state index is 14.5. The van der Waals surface area contributed by atoms with Crippen LogP contribution < -0.4 is 4.90 Å². The van der Waals surface area contributed by atoms with E-state index in [0.29, 0.717) is 30.5 Å². The molecule has 2 aliphatic carbocycles. The van der Waals surface area contributed by atoms with E-state index in [0.717, 1.165) is 16.5 Å². The maximum absolute atomic E-state index is 14.5. The Kier molecular flexibility index (Phi) is 5.33. The molecule has 3 fully saturated rings. The van der Waals surface area contributed by atoms with Crippen molar-refractivity contribution >= 4 is 40.1 Å². The average molecular weight is 535 g/mol. The van der Waals surface area contributed by atoms with E-state index >= 15 is 0 Å². The molecule has 6 unspecified atom stereocenters. The van der Waals surface area contributed by atoms with Gasteiger partial charge in [-0.15, -0.1) is 0 Å². The number of aromatic hydroxyl groups is 1. The molecule has 3 aromatic carbocycles. The van der Waals surface area contributed by atoms with Gasteiger partial charge in [0.05, 0.1) is 28.9 Å². The number of nitrogens with zero attached hydrogens (tertiary/aromatic N) is 2. The van der Waals surface area contributed by atoms with Crippen LogP contribution in [-0.2, 0) is 19.2 Å². The third kappa shape index (κ3) is 3.06. The second kappa shape index (κ2) is 8.62. The summed E-state index contributed by atoms with van der Waals surface area (Å²) < 4.78 is 0. The molecule has 1 N–H and O–H groups in total. The van der Waals surface area contributed by atoms with Crippen LogP contribution >= 0.6 is 0 Å². The number of phenolic OH excluding ortho intramolecular Hbond substituents is 1. The topological polar surface area (TPSA) is 95.0 Å². The molecule has 2 saturated heterocycles. The average Bonchev–Trinajstić information content (AvgIpc) is 3.33. The Bertz CT molecular complexity index is 1650. The SMILES string of the molecule is CCN1C(=O)C2CC=C3C(CC4C(=O)N(c5ccccc5)C(=O)C4(C)C3c3ccc(O)c4ccccc34)C2C1=O.